The van der Waals surface area contributed by atoms with E-state index in [0.29, 0.717) is 0 Å². The summed E-state index contributed by atoms with van der Waals surface area (Å²) in [6.07, 6.45) is -7.36. The molecule has 6 heteroatoms. The van der Waals surface area contributed by atoms with Gasteiger partial charge in [0.15, 0.2) is 6.29 Å². The minimum atomic E-state index is -1.87. The lowest BCUT2D eigenvalue weighted by molar-refractivity contribution is -0.134. The molecule has 0 aromatic rings. The molecule has 0 aliphatic heterocycles. The predicted molar refractivity (Wildman–Crippen MR) is 36.1 cm³/mol. The zero-order valence-corrected chi connectivity index (χ0v) is 6.17. The summed E-state index contributed by atoms with van der Waals surface area (Å²) in [5.74, 6) is 0. The van der Waals surface area contributed by atoms with Gasteiger partial charge in [-0.15, -0.1) is 0 Å². The molecule has 0 bridgehead atoms. The summed E-state index contributed by atoms with van der Waals surface area (Å²) in [5.41, 5.74) is 0. The van der Waals surface area contributed by atoms with Crippen LogP contribution in [0.3, 0.4) is 0 Å². The summed E-state index contributed by atoms with van der Waals surface area (Å²) in [7, 11) is 0. The number of aliphatic hydroxyl groups is 4. The third kappa shape index (κ3) is 2.82. The first kappa shape index (κ1) is 11.4. The van der Waals surface area contributed by atoms with Crippen molar-refractivity contribution >= 4 is 6.29 Å². The van der Waals surface area contributed by atoms with Gasteiger partial charge in [0, 0.05) is 0 Å². The first-order chi connectivity index (χ1) is 5.54. The van der Waals surface area contributed by atoms with E-state index in [0.717, 1.165) is 0 Å². The maximum Gasteiger partial charge on any atom is 0.151 e. The van der Waals surface area contributed by atoms with E-state index in [1.54, 1.807) is 0 Å². The van der Waals surface area contributed by atoms with Crippen LogP contribution in [0.2, 0.25) is 0 Å². The Bertz CT molecular complexity index is 142. The number of carbonyl (C=O) groups is 1. The molecule has 0 aromatic heterocycles. The zero-order valence-electron chi connectivity index (χ0n) is 6.17. The van der Waals surface area contributed by atoms with Gasteiger partial charge in [0.05, 0.1) is 0 Å². The van der Waals surface area contributed by atoms with Gasteiger partial charge in [-0.3, -0.25) is 0 Å². The molecule has 0 rings (SSSR count). The zero-order chi connectivity index (χ0) is 9.72. The molecule has 0 aliphatic rings. The molecule has 0 fully saturated rings. The molecule has 0 amide bonds. The maximum atomic E-state index is 11.7. The van der Waals surface area contributed by atoms with Crippen LogP contribution >= 0.6 is 0 Å². The average Bonchev–Trinajstić information content (AvgIpc) is 2.12. The third-order valence-electron chi connectivity index (χ3n) is 1.39. The van der Waals surface area contributed by atoms with E-state index in [1.807, 2.05) is 0 Å². The summed E-state index contributed by atoms with van der Waals surface area (Å²) in [4.78, 5) is 9.87. The minimum absolute atomic E-state index is 0.0150. The van der Waals surface area contributed by atoms with Crippen molar-refractivity contribution in [3.05, 3.63) is 0 Å². The number of aliphatic hydroxyl groups excluding tert-OH is 4. The Kier molecular flexibility index (Phi) is 4.91. The second-order valence-electron chi connectivity index (χ2n) is 2.33. The number of hydrogen-bond acceptors (Lipinski definition) is 5. The van der Waals surface area contributed by atoms with E-state index in [9.17, 15) is 9.18 Å². The van der Waals surface area contributed by atoms with Crippen LogP contribution in [0, 0.1) is 0 Å². The number of halogens is 1. The summed E-state index contributed by atoms with van der Waals surface area (Å²) in [5, 5.41) is 34.9. The van der Waals surface area contributed by atoms with Gasteiger partial charge in [-0.1, -0.05) is 0 Å². The van der Waals surface area contributed by atoms with Crippen LogP contribution in [0.1, 0.15) is 0 Å². The topological polar surface area (TPSA) is 98.0 Å². The highest BCUT2D eigenvalue weighted by Crippen LogP contribution is 2.04. The van der Waals surface area contributed by atoms with Crippen LogP contribution in [0.15, 0.2) is 0 Å². The van der Waals surface area contributed by atoms with E-state index < -0.39 is 31.1 Å². The van der Waals surface area contributed by atoms with E-state index in [2.05, 4.69) is 0 Å². The molecular formula is C6H11FO5. The highest BCUT2D eigenvalue weighted by atomic mass is 18.2. The fourth-order valence-electron chi connectivity index (χ4n) is 0.601. The van der Waals surface area contributed by atoms with E-state index in [-0.39, 0.29) is 6.29 Å². The van der Waals surface area contributed by atoms with Crippen molar-refractivity contribution in [1.82, 2.24) is 0 Å². The SMILES string of the molecule is O=C[C@H](O)[C@H](O)[C@@H](O)[C@@H](O)C[18F]. The first-order valence-corrected chi connectivity index (χ1v) is 3.28. The van der Waals surface area contributed by atoms with E-state index in [4.69, 9.17) is 20.4 Å². The number of rotatable bonds is 5. The molecule has 0 aliphatic carbocycles. The number of alkyl halides is 1. The van der Waals surface area contributed by atoms with Crippen LogP contribution in [0.25, 0.3) is 0 Å². The van der Waals surface area contributed by atoms with Crippen LogP contribution in [0.5, 0.6) is 0 Å². The highest BCUT2D eigenvalue weighted by molar-refractivity contribution is 5.56. The molecule has 72 valence electrons. The van der Waals surface area contributed by atoms with E-state index >= 15 is 0 Å². The average molecular weight is 181 g/mol. The largest absolute Gasteiger partial charge is 0.388 e. The van der Waals surface area contributed by atoms with Gasteiger partial charge in [0.25, 0.3) is 0 Å². The Labute approximate surface area is 68.1 Å². The van der Waals surface area contributed by atoms with Gasteiger partial charge < -0.3 is 25.2 Å². The first-order valence-electron chi connectivity index (χ1n) is 3.28. The smallest absolute Gasteiger partial charge is 0.151 e. The monoisotopic (exact) mass is 181 g/mol. The van der Waals surface area contributed by atoms with Crippen molar-refractivity contribution in [3.63, 3.8) is 0 Å². The molecule has 0 aromatic carbocycles. The van der Waals surface area contributed by atoms with Crippen molar-refractivity contribution in [2.75, 3.05) is 6.67 Å². The van der Waals surface area contributed by atoms with Gasteiger partial charge in [-0.2, -0.15) is 0 Å². The van der Waals surface area contributed by atoms with Crippen LogP contribution in [-0.2, 0) is 4.79 Å². The molecule has 4 N–H and O–H groups in total. The summed E-state index contributed by atoms with van der Waals surface area (Å²) in [6.45, 7) is -1.26. The van der Waals surface area contributed by atoms with Gasteiger partial charge in [0.2, 0.25) is 0 Å². The van der Waals surface area contributed by atoms with Gasteiger partial charge in [-0.25, -0.2) is 4.39 Å². The van der Waals surface area contributed by atoms with Crippen molar-refractivity contribution in [1.29, 1.82) is 0 Å². The Morgan fingerprint density at radius 1 is 1.17 bits per heavy atom. The van der Waals surface area contributed by atoms with Crippen LogP contribution in [0.4, 0.5) is 4.39 Å². The molecule has 12 heavy (non-hydrogen) atoms. The standard InChI is InChI=1S/C6H11FO5/c7-1-3(9)5(11)6(12)4(10)2-8/h2-6,9-12H,1H2/t3-,4-,5-,6-/m0/s1/i7-1. The van der Waals surface area contributed by atoms with Crippen molar-refractivity contribution < 1.29 is 29.6 Å². The molecule has 0 radical (unpaired) electrons. The second-order valence-corrected chi connectivity index (χ2v) is 2.33. The maximum absolute atomic E-state index is 11.7. The molecule has 0 unspecified atom stereocenters. The lowest BCUT2D eigenvalue weighted by Crippen LogP contribution is -2.45. The highest BCUT2D eigenvalue weighted by Gasteiger charge is 2.29. The van der Waals surface area contributed by atoms with Gasteiger partial charge in [0.1, 0.15) is 31.1 Å². The lowest BCUT2D eigenvalue weighted by Gasteiger charge is -2.21. The van der Waals surface area contributed by atoms with Crippen molar-refractivity contribution in [2.24, 2.45) is 0 Å². The minimum Gasteiger partial charge on any atom is -0.388 e. The van der Waals surface area contributed by atoms with Crippen molar-refractivity contribution in [2.45, 2.75) is 24.4 Å². The quantitative estimate of drug-likeness (QED) is 0.354. The van der Waals surface area contributed by atoms with Crippen LogP contribution in [-0.4, -0.2) is 57.8 Å². The predicted octanol–water partition coefficient (Wildman–Crippen LogP) is -2.40. The molecule has 0 spiro atoms. The summed E-state index contributed by atoms with van der Waals surface area (Å²) < 4.78 is 11.7. The Morgan fingerprint density at radius 2 is 1.67 bits per heavy atom. The number of carbonyl (C=O) groups excluding carboxylic acids is 1. The third-order valence-corrected chi connectivity index (χ3v) is 1.39. The van der Waals surface area contributed by atoms with Gasteiger partial charge in [-0.05, 0) is 0 Å². The second kappa shape index (κ2) is 5.15. The Hall–Kier alpha value is -0.560. The van der Waals surface area contributed by atoms with Crippen molar-refractivity contribution in [3.8, 4) is 0 Å². The number of aldehydes is 1. The normalized spacial score (nSPS) is 21.1. The Morgan fingerprint density at radius 3 is 2.00 bits per heavy atom. The summed E-state index contributed by atoms with van der Waals surface area (Å²) >= 11 is 0. The molecule has 0 saturated carbocycles. The summed E-state index contributed by atoms with van der Waals surface area (Å²) in [6, 6.07) is 0. The fourth-order valence-corrected chi connectivity index (χ4v) is 0.601. The van der Waals surface area contributed by atoms with E-state index in [1.165, 1.54) is 0 Å². The Balaban J connectivity index is 4.07. The lowest BCUT2D eigenvalue weighted by atomic mass is 10.0. The fraction of sp³-hybridized carbons (Fsp3) is 0.833. The molecule has 0 heterocycles. The number of hydrogen-bond donors (Lipinski definition) is 4. The van der Waals surface area contributed by atoms with Gasteiger partial charge >= 0.3 is 0 Å². The van der Waals surface area contributed by atoms with Crippen LogP contribution < -0.4 is 0 Å². The molecule has 4 atom stereocenters. The molecule has 5 nitrogen and oxygen atoms in total. The molecular weight excluding hydrogens is 170 g/mol. The molecule has 0 saturated heterocycles.